The van der Waals surface area contributed by atoms with Crippen molar-refractivity contribution in [3.05, 3.63) is 29.8 Å². The van der Waals surface area contributed by atoms with E-state index in [0.717, 1.165) is 18.8 Å². The van der Waals surface area contributed by atoms with Gasteiger partial charge in [0.05, 0.1) is 19.3 Å². The lowest BCUT2D eigenvalue weighted by molar-refractivity contribution is 0.0600. The highest BCUT2D eigenvalue weighted by atomic mass is 16.5. The van der Waals surface area contributed by atoms with Gasteiger partial charge in [-0.3, -0.25) is 0 Å². The minimum atomic E-state index is -0.320. The molecule has 0 spiro atoms. The molecule has 1 rings (SSSR count). The quantitative estimate of drug-likeness (QED) is 0.411. The zero-order chi connectivity index (χ0) is 12.5. The van der Waals surface area contributed by atoms with Gasteiger partial charge in [0.1, 0.15) is 13.6 Å². The lowest BCUT2D eigenvalue weighted by atomic mass is 10.00. The number of carbonyl (C=O) groups is 1. The first kappa shape index (κ1) is 13.6. The van der Waals surface area contributed by atoms with E-state index in [2.05, 4.69) is 12.6 Å². The van der Waals surface area contributed by atoms with Crippen LogP contribution in [0.2, 0.25) is 6.32 Å². The molecule has 3 nitrogen and oxygen atoms in total. The maximum absolute atomic E-state index is 11.2. The Morgan fingerprint density at radius 1 is 1.18 bits per heavy atom. The summed E-state index contributed by atoms with van der Waals surface area (Å²) in [6.07, 6.45) is 4.77. The summed E-state index contributed by atoms with van der Waals surface area (Å²) in [4.78, 5) is 11.2. The Labute approximate surface area is 104 Å². The molecule has 92 valence electrons. The van der Waals surface area contributed by atoms with Gasteiger partial charge in [-0.1, -0.05) is 19.2 Å². The van der Waals surface area contributed by atoms with E-state index in [4.69, 9.17) is 4.74 Å². The minimum Gasteiger partial charge on any atom is -0.494 e. The fourth-order valence-electron chi connectivity index (χ4n) is 1.52. The Morgan fingerprint density at radius 2 is 1.88 bits per heavy atom. The van der Waals surface area contributed by atoms with Gasteiger partial charge in [0, 0.05) is 0 Å². The monoisotopic (exact) mass is 234 g/mol. The van der Waals surface area contributed by atoms with E-state index in [1.807, 2.05) is 0 Å². The Kier molecular flexibility index (Phi) is 6.22. The highest BCUT2D eigenvalue weighted by molar-refractivity contribution is 6.08. The van der Waals surface area contributed by atoms with Crippen molar-refractivity contribution in [2.75, 3.05) is 13.7 Å². The molecular formula is C13H19BO3. The number of unbranched alkanes of at least 4 members (excludes halogenated alkanes) is 2. The third-order valence-electron chi connectivity index (χ3n) is 2.54. The number of esters is 1. The van der Waals surface area contributed by atoms with Crippen LogP contribution in [0.25, 0.3) is 0 Å². The SMILES string of the molecule is BCCCCCOc1ccc(C(=O)OC)cc1. The van der Waals surface area contributed by atoms with Gasteiger partial charge in [-0.15, -0.1) is 0 Å². The maximum atomic E-state index is 11.2. The van der Waals surface area contributed by atoms with Gasteiger partial charge in [-0.05, 0) is 30.7 Å². The molecule has 0 aliphatic rings. The van der Waals surface area contributed by atoms with E-state index in [9.17, 15) is 4.79 Å². The van der Waals surface area contributed by atoms with Crippen molar-refractivity contribution in [1.29, 1.82) is 0 Å². The average Bonchev–Trinajstić information content (AvgIpc) is 2.38. The molecule has 0 atom stereocenters. The average molecular weight is 234 g/mol. The van der Waals surface area contributed by atoms with Crippen molar-refractivity contribution in [3.8, 4) is 5.75 Å². The van der Waals surface area contributed by atoms with Crippen molar-refractivity contribution in [2.45, 2.75) is 25.6 Å². The maximum Gasteiger partial charge on any atom is 0.337 e. The number of hydrogen-bond acceptors (Lipinski definition) is 3. The number of ether oxygens (including phenoxy) is 2. The normalized spacial score (nSPS) is 9.94. The third kappa shape index (κ3) is 4.94. The van der Waals surface area contributed by atoms with E-state index in [1.54, 1.807) is 24.3 Å². The summed E-state index contributed by atoms with van der Waals surface area (Å²) in [5.41, 5.74) is 0.547. The van der Waals surface area contributed by atoms with E-state index < -0.39 is 0 Å². The molecule has 1 aromatic rings. The molecule has 0 heterocycles. The van der Waals surface area contributed by atoms with Crippen LogP contribution < -0.4 is 4.74 Å². The number of methoxy groups -OCH3 is 1. The van der Waals surface area contributed by atoms with Crippen LogP contribution in [0.1, 0.15) is 29.6 Å². The van der Waals surface area contributed by atoms with Crippen LogP contribution in [0.5, 0.6) is 5.75 Å². The third-order valence-corrected chi connectivity index (χ3v) is 2.54. The number of carbonyl (C=O) groups excluding carboxylic acids is 1. The zero-order valence-electron chi connectivity index (χ0n) is 10.6. The molecule has 0 saturated carbocycles. The van der Waals surface area contributed by atoms with Crippen molar-refractivity contribution in [2.24, 2.45) is 0 Å². The molecule has 0 radical (unpaired) electrons. The molecular weight excluding hydrogens is 215 g/mol. The molecule has 17 heavy (non-hydrogen) atoms. The first-order valence-electron chi connectivity index (χ1n) is 6.09. The smallest absolute Gasteiger partial charge is 0.337 e. The second kappa shape index (κ2) is 7.77. The molecule has 0 aromatic heterocycles. The van der Waals surface area contributed by atoms with E-state index in [0.29, 0.717) is 5.56 Å². The summed E-state index contributed by atoms with van der Waals surface area (Å²) in [5.74, 6) is 0.480. The van der Waals surface area contributed by atoms with Gasteiger partial charge in [-0.25, -0.2) is 4.79 Å². The predicted octanol–water partition coefficient (Wildman–Crippen LogP) is 2.07. The van der Waals surface area contributed by atoms with Gasteiger partial charge < -0.3 is 9.47 Å². The van der Waals surface area contributed by atoms with Crippen molar-refractivity contribution >= 4 is 13.8 Å². The zero-order valence-corrected chi connectivity index (χ0v) is 10.6. The number of rotatable bonds is 7. The topological polar surface area (TPSA) is 35.5 Å². The van der Waals surface area contributed by atoms with Crippen LogP contribution >= 0.6 is 0 Å². The van der Waals surface area contributed by atoms with Crippen molar-refractivity contribution in [3.63, 3.8) is 0 Å². The second-order valence-electron chi connectivity index (χ2n) is 3.93. The summed E-state index contributed by atoms with van der Waals surface area (Å²) in [6, 6.07) is 7.03. The number of benzene rings is 1. The molecule has 0 amide bonds. The highest BCUT2D eigenvalue weighted by Gasteiger charge is 2.04. The van der Waals surface area contributed by atoms with E-state index in [1.165, 1.54) is 26.3 Å². The van der Waals surface area contributed by atoms with E-state index in [-0.39, 0.29) is 5.97 Å². The van der Waals surface area contributed by atoms with Crippen molar-refractivity contribution in [1.82, 2.24) is 0 Å². The molecule has 0 aliphatic heterocycles. The lowest BCUT2D eigenvalue weighted by Crippen LogP contribution is -2.01. The molecule has 0 aliphatic carbocycles. The highest BCUT2D eigenvalue weighted by Crippen LogP contribution is 2.13. The van der Waals surface area contributed by atoms with Crippen LogP contribution in [0, 0.1) is 0 Å². The Hall–Kier alpha value is -1.45. The first-order chi connectivity index (χ1) is 8.27. The minimum absolute atomic E-state index is 0.320. The van der Waals surface area contributed by atoms with Gasteiger partial charge in [0.2, 0.25) is 0 Å². The largest absolute Gasteiger partial charge is 0.494 e. The summed E-state index contributed by atoms with van der Waals surface area (Å²) in [5, 5.41) is 0. The summed E-state index contributed by atoms with van der Waals surface area (Å²) in [7, 11) is 3.56. The van der Waals surface area contributed by atoms with Crippen LogP contribution in [-0.4, -0.2) is 27.5 Å². The molecule has 0 unspecified atom stereocenters. The Morgan fingerprint density at radius 3 is 2.47 bits per heavy atom. The van der Waals surface area contributed by atoms with Crippen LogP contribution in [0.3, 0.4) is 0 Å². The molecule has 0 saturated heterocycles. The molecule has 0 fully saturated rings. The Balaban J connectivity index is 2.33. The summed E-state index contributed by atoms with van der Waals surface area (Å²) < 4.78 is 10.2. The lowest BCUT2D eigenvalue weighted by Gasteiger charge is -2.06. The van der Waals surface area contributed by atoms with Crippen LogP contribution in [0.4, 0.5) is 0 Å². The molecule has 1 aromatic carbocycles. The van der Waals surface area contributed by atoms with Gasteiger partial charge >= 0.3 is 5.97 Å². The second-order valence-corrected chi connectivity index (χ2v) is 3.93. The molecule has 0 N–H and O–H groups in total. The van der Waals surface area contributed by atoms with Crippen LogP contribution in [-0.2, 0) is 4.74 Å². The number of hydrogen-bond donors (Lipinski definition) is 0. The van der Waals surface area contributed by atoms with Gasteiger partial charge in [0.15, 0.2) is 0 Å². The van der Waals surface area contributed by atoms with Gasteiger partial charge in [0.25, 0.3) is 0 Å². The summed E-state index contributed by atoms with van der Waals surface area (Å²) >= 11 is 0. The Bertz CT molecular complexity index is 335. The summed E-state index contributed by atoms with van der Waals surface area (Å²) in [6.45, 7) is 0.734. The van der Waals surface area contributed by atoms with Gasteiger partial charge in [-0.2, -0.15) is 0 Å². The van der Waals surface area contributed by atoms with Crippen LogP contribution in [0.15, 0.2) is 24.3 Å². The molecule has 4 heteroatoms. The fourth-order valence-corrected chi connectivity index (χ4v) is 1.52. The molecule has 0 bridgehead atoms. The standard InChI is InChI=1S/C13H19BO3/c1-16-13(15)11-5-7-12(8-6-11)17-10-4-2-3-9-14/h5-8H,2-4,9-10,14H2,1H3. The first-order valence-corrected chi connectivity index (χ1v) is 6.09. The van der Waals surface area contributed by atoms with E-state index >= 15 is 0 Å². The predicted molar refractivity (Wildman–Crippen MR) is 70.5 cm³/mol. The fraction of sp³-hybridized carbons (Fsp3) is 0.462. The van der Waals surface area contributed by atoms with Crippen molar-refractivity contribution < 1.29 is 14.3 Å².